The minimum atomic E-state index is -0.737. The Bertz CT molecular complexity index is 770. The van der Waals surface area contributed by atoms with E-state index in [1.165, 1.54) is 0 Å². The molecule has 0 radical (unpaired) electrons. The second-order valence-electron chi connectivity index (χ2n) is 6.07. The van der Waals surface area contributed by atoms with Gasteiger partial charge in [-0.25, -0.2) is 0 Å². The van der Waals surface area contributed by atoms with Gasteiger partial charge in [0, 0.05) is 0 Å². The topological polar surface area (TPSA) is 72.8 Å². The zero-order valence-electron chi connectivity index (χ0n) is 14.4. The van der Waals surface area contributed by atoms with Crippen LogP contribution in [-0.2, 0) is 16.0 Å². The van der Waals surface area contributed by atoms with Crippen molar-refractivity contribution in [1.29, 1.82) is 0 Å². The molecule has 2 atom stereocenters. The number of hydrogen-bond donors (Lipinski definition) is 1. The predicted molar refractivity (Wildman–Crippen MR) is 99.6 cm³/mol. The van der Waals surface area contributed by atoms with E-state index in [2.05, 4.69) is 0 Å². The van der Waals surface area contributed by atoms with Gasteiger partial charge in [-0.1, -0.05) is 36.0 Å². The Morgan fingerprint density at radius 2 is 1.73 bits per heavy atom. The Kier molecular flexibility index (Phi) is 5.96. The van der Waals surface area contributed by atoms with Crippen molar-refractivity contribution in [3.05, 3.63) is 59.7 Å². The number of carbonyl (C=O) groups is 2. The summed E-state index contributed by atoms with van der Waals surface area (Å²) in [4.78, 5) is 23.0. The maximum atomic E-state index is 11.7. The first kappa shape index (κ1) is 18.5. The molecule has 26 heavy (non-hydrogen) atoms. The number of rotatable bonds is 7. The molecular formula is C20H20O5S. The molecule has 2 unspecified atom stereocenters. The third-order valence-electron chi connectivity index (χ3n) is 4.20. The first-order valence-corrected chi connectivity index (χ1v) is 9.19. The lowest BCUT2D eigenvalue weighted by Crippen LogP contribution is -2.13. The molecule has 136 valence electrons. The van der Waals surface area contributed by atoms with Gasteiger partial charge in [0.25, 0.3) is 0 Å². The van der Waals surface area contributed by atoms with Gasteiger partial charge in [0.15, 0.2) is 10.9 Å². The Morgan fingerprint density at radius 1 is 1.08 bits per heavy atom. The lowest BCUT2D eigenvalue weighted by molar-refractivity contribution is -0.121. The smallest absolute Gasteiger partial charge is 0.197 e. The molecule has 3 rings (SSSR count). The molecule has 0 aliphatic carbocycles. The van der Waals surface area contributed by atoms with Crippen LogP contribution in [0.1, 0.15) is 23.7 Å². The highest BCUT2D eigenvalue weighted by atomic mass is 32.2. The van der Waals surface area contributed by atoms with Crippen LogP contribution in [0.15, 0.2) is 48.5 Å². The van der Waals surface area contributed by atoms with Gasteiger partial charge in [0.1, 0.15) is 24.2 Å². The van der Waals surface area contributed by atoms with E-state index >= 15 is 0 Å². The predicted octanol–water partition coefficient (Wildman–Crippen LogP) is 2.95. The maximum absolute atomic E-state index is 11.7. The SMILES string of the molecule is COc1ccc(C(O)COc2ccc(CC3SC(=O)CC3=O)cc2)cc1. The van der Waals surface area contributed by atoms with Crippen LogP contribution in [0.3, 0.4) is 0 Å². The van der Waals surface area contributed by atoms with Crippen molar-refractivity contribution in [2.24, 2.45) is 0 Å². The zero-order chi connectivity index (χ0) is 18.5. The summed E-state index contributed by atoms with van der Waals surface area (Å²) in [6, 6.07) is 14.6. The fourth-order valence-electron chi connectivity index (χ4n) is 2.71. The first-order chi connectivity index (χ1) is 12.5. The van der Waals surface area contributed by atoms with Crippen LogP contribution in [0.5, 0.6) is 11.5 Å². The van der Waals surface area contributed by atoms with Crippen LogP contribution in [0, 0.1) is 0 Å². The monoisotopic (exact) mass is 372 g/mol. The number of ether oxygens (including phenoxy) is 2. The summed E-state index contributed by atoms with van der Waals surface area (Å²) in [6.07, 6.45) is -0.150. The molecule has 1 N–H and O–H groups in total. The van der Waals surface area contributed by atoms with E-state index in [1.807, 2.05) is 24.3 Å². The molecule has 1 aliphatic heterocycles. The van der Waals surface area contributed by atoms with E-state index in [4.69, 9.17) is 9.47 Å². The van der Waals surface area contributed by atoms with Crippen LogP contribution in [0.2, 0.25) is 0 Å². The average Bonchev–Trinajstić information content (AvgIpc) is 2.98. The normalized spacial score (nSPS) is 18.0. The van der Waals surface area contributed by atoms with Crippen molar-refractivity contribution < 1.29 is 24.2 Å². The lowest BCUT2D eigenvalue weighted by Gasteiger charge is -2.14. The van der Waals surface area contributed by atoms with Crippen LogP contribution in [0.25, 0.3) is 0 Å². The van der Waals surface area contributed by atoms with E-state index in [0.29, 0.717) is 12.2 Å². The van der Waals surface area contributed by atoms with Gasteiger partial charge in [-0.05, 0) is 41.8 Å². The van der Waals surface area contributed by atoms with Gasteiger partial charge in [0.2, 0.25) is 0 Å². The van der Waals surface area contributed by atoms with E-state index < -0.39 is 6.10 Å². The summed E-state index contributed by atoms with van der Waals surface area (Å²) < 4.78 is 10.7. The number of carbonyl (C=O) groups excluding carboxylic acids is 2. The van der Waals surface area contributed by atoms with Crippen molar-refractivity contribution in [2.75, 3.05) is 13.7 Å². The number of aliphatic hydroxyl groups excluding tert-OH is 1. The van der Waals surface area contributed by atoms with Gasteiger partial charge in [-0.3, -0.25) is 9.59 Å². The number of benzene rings is 2. The minimum absolute atomic E-state index is 0.00272. The molecule has 0 aromatic heterocycles. The van der Waals surface area contributed by atoms with E-state index in [9.17, 15) is 14.7 Å². The van der Waals surface area contributed by atoms with Crippen molar-refractivity contribution in [1.82, 2.24) is 0 Å². The molecular weight excluding hydrogens is 352 g/mol. The Labute approximate surface area is 156 Å². The average molecular weight is 372 g/mol. The maximum Gasteiger partial charge on any atom is 0.197 e. The van der Waals surface area contributed by atoms with Gasteiger partial charge in [-0.15, -0.1) is 0 Å². The van der Waals surface area contributed by atoms with Crippen molar-refractivity contribution in [3.63, 3.8) is 0 Å². The minimum Gasteiger partial charge on any atom is -0.497 e. The molecule has 1 saturated heterocycles. The Balaban J connectivity index is 1.52. The molecule has 0 spiro atoms. The highest BCUT2D eigenvalue weighted by Gasteiger charge is 2.31. The van der Waals surface area contributed by atoms with E-state index in [-0.39, 0.29) is 29.2 Å². The molecule has 1 aliphatic rings. The summed E-state index contributed by atoms with van der Waals surface area (Å²) in [5.74, 6) is 1.38. The summed E-state index contributed by atoms with van der Waals surface area (Å²) in [6.45, 7) is 0.136. The van der Waals surface area contributed by atoms with Gasteiger partial charge < -0.3 is 14.6 Å². The van der Waals surface area contributed by atoms with E-state index in [1.54, 1.807) is 31.4 Å². The fraction of sp³-hybridized carbons (Fsp3) is 0.300. The number of hydrogen-bond acceptors (Lipinski definition) is 6. The second kappa shape index (κ2) is 8.38. The molecule has 6 heteroatoms. The molecule has 1 heterocycles. The quantitative estimate of drug-likeness (QED) is 0.754. The van der Waals surface area contributed by atoms with Gasteiger partial charge in [0.05, 0.1) is 18.8 Å². The molecule has 0 amide bonds. The number of thioether (sulfide) groups is 1. The summed E-state index contributed by atoms with van der Waals surface area (Å²) in [5, 5.41) is 9.89. The molecule has 0 saturated carbocycles. The highest BCUT2D eigenvalue weighted by molar-refractivity contribution is 8.15. The third kappa shape index (κ3) is 4.65. The molecule has 1 fully saturated rings. The fourth-order valence-corrected chi connectivity index (χ4v) is 3.74. The largest absolute Gasteiger partial charge is 0.497 e. The number of aliphatic hydroxyl groups is 1. The Morgan fingerprint density at radius 3 is 2.31 bits per heavy atom. The second-order valence-corrected chi connectivity index (χ2v) is 7.33. The standard InChI is InChI=1S/C20H20O5S/c1-24-15-8-4-14(5-9-15)18(22)12-25-16-6-2-13(3-7-16)10-19-17(21)11-20(23)26-19/h2-9,18-19,22H,10-12H2,1H3. The first-order valence-electron chi connectivity index (χ1n) is 8.31. The van der Waals surface area contributed by atoms with Crippen LogP contribution in [0.4, 0.5) is 0 Å². The van der Waals surface area contributed by atoms with Crippen LogP contribution < -0.4 is 9.47 Å². The van der Waals surface area contributed by atoms with E-state index in [0.717, 1.165) is 28.6 Å². The lowest BCUT2D eigenvalue weighted by atomic mass is 10.1. The number of ketones is 1. The Hall–Kier alpha value is -2.31. The van der Waals surface area contributed by atoms with Gasteiger partial charge >= 0.3 is 0 Å². The van der Waals surface area contributed by atoms with Crippen molar-refractivity contribution in [3.8, 4) is 11.5 Å². The summed E-state index contributed by atoms with van der Waals surface area (Å²) >= 11 is 1.13. The number of Topliss-reactive ketones (excluding diaryl/α,β-unsaturated/α-hetero) is 1. The van der Waals surface area contributed by atoms with Crippen molar-refractivity contribution >= 4 is 22.7 Å². The van der Waals surface area contributed by atoms with Crippen LogP contribution in [-0.4, -0.2) is 35.0 Å². The zero-order valence-corrected chi connectivity index (χ0v) is 15.2. The van der Waals surface area contributed by atoms with Crippen LogP contribution >= 0.6 is 11.8 Å². The summed E-state index contributed by atoms with van der Waals surface area (Å²) in [5.41, 5.74) is 1.73. The van der Waals surface area contributed by atoms with Crippen molar-refractivity contribution in [2.45, 2.75) is 24.2 Å². The number of methoxy groups -OCH3 is 1. The van der Waals surface area contributed by atoms with Gasteiger partial charge in [-0.2, -0.15) is 0 Å². The molecule has 2 aromatic carbocycles. The highest BCUT2D eigenvalue weighted by Crippen LogP contribution is 2.28. The molecule has 2 aromatic rings. The molecule has 0 bridgehead atoms. The molecule has 5 nitrogen and oxygen atoms in total. The summed E-state index contributed by atoms with van der Waals surface area (Å²) in [7, 11) is 1.59. The third-order valence-corrected chi connectivity index (χ3v) is 5.33.